The van der Waals surface area contributed by atoms with Gasteiger partial charge in [-0.1, -0.05) is 13.8 Å². The Balaban J connectivity index is 1.95. The summed E-state index contributed by atoms with van der Waals surface area (Å²) in [4.78, 5) is 14.5. The van der Waals surface area contributed by atoms with Crippen LogP contribution in [-0.2, 0) is 4.74 Å². The van der Waals surface area contributed by atoms with Gasteiger partial charge in [-0.2, -0.15) is 0 Å². The highest BCUT2D eigenvalue weighted by molar-refractivity contribution is 5.68. The van der Waals surface area contributed by atoms with Crippen molar-refractivity contribution < 1.29 is 14.6 Å². The standard InChI is InChI=1S/C18H34N2O3/c1-6-16(21)13-9-14(19-17(22)23-18(3,4)5)11-20(10-13)15-7-12(2)8-15/h12-16,21H,6-11H2,1-5H3,(H,19,22). The van der Waals surface area contributed by atoms with E-state index in [9.17, 15) is 9.90 Å². The third kappa shape index (κ3) is 5.35. The van der Waals surface area contributed by atoms with E-state index in [1.54, 1.807) is 0 Å². The van der Waals surface area contributed by atoms with Gasteiger partial charge < -0.3 is 15.2 Å². The molecular formula is C18H34N2O3. The van der Waals surface area contributed by atoms with E-state index in [0.29, 0.717) is 6.04 Å². The number of rotatable bonds is 4. The molecule has 1 saturated heterocycles. The van der Waals surface area contributed by atoms with Gasteiger partial charge >= 0.3 is 6.09 Å². The van der Waals surface area contributed by atoms with Crippen molar-refractivity contribution in [3.05, 3.63) is 0 Å². The van der Waals surface area contributed by atoms with E-state index in [1.807, 2.05) is 27.7 Å². The zero-order chi connectivity index (χ0) is 17.2. The highest BCUT2D eigenvalue weighted by atomic mass is 16.6. The van der Waals surface area contributed by atoms with Crippen LogP contribution in [0.15, 0.2) is 0 Å². The van der Waals surface area contributed by atoms with E-state index < -0.39 is 5.60 Å². The van der Waals surface area contributed by atoms with Crippen LogP contribution in [0.1, 0.15) is 60.3 Å². The Hall–Kier alpha value is -0.810. The number of nitrogens with zero attached hydrogens (tertiary/aromatic N) is 1. The summed E-state index contributed by atoms with van der Waals surface area (Å²) in [5.41, 5.74) is -0.482. The van der Waals surface area contributed by atoms with Crippen LogP contribution in [0.3, 0.4) is 0 Å². The molecule has 0 aromatic carbocycles. The number of likely N-dealkylation sites (tertiary alicyclic amines) is 1. The second-order valence-electron chi connectivity index (χ2n) is 8.50. The van der Waals surface area contributed by atoms with E-state index in [2.05, 4.69) is 17.1 Å². The maximum atomic E-state index is 12.1. The van der Waals surface area contributed by atoms with Crippen LogP contribution in [0.2, 0.25) is 0 Å². The van der Waals surface area contributed by atoms with Gasteiger partial charge in [0, 0.05) is 25.2 Å². The van der Waals surface area contributed by atoms with Crippen molar-refractivity contribution in [2.24, 2.45) is 11.8 Å². The van der Waals surface area contributed by atoms with Crippen LogP contribution in [-0.4, -0.2) is 53.0 Å². The topological polar surface area (TPSA) is 61.8 Å². The van der Waals surface area contributed by atoms with Crippen LogP contribution in [0.5, 0.6) is 0 Å². The number of amides is 1. The molecule has 2 aliphatic rings. The van der Waals surface area contributed by atoms with Crippen molar-refractivity contribution in [2.75, 3.05) is 13.1 Å². The second kappa shape index (κ2) is 7.39. The summed E-state index contributed by atoms with van der Waals surface area (Å²) in [6.45, 7) is 11.7. The van der Waals surface area contributed by atoms with Crippen molar-refractivity contribution in [3.8, 4) is 0 Å². The summed E-state index contributed by atoms with van der Waals surface area (Å²) in [5, 5.41) is 13.3. The molecular weight excluding hydrogens is 292 g/mol. The zero-order valence-corrected chi connectivity index (χ0v) is 15.3. The molecule has 3 atom stereocenters. The van der Waals surface area contributed by atoms with Gasteiger partial charge in [0.15, 0.2) is 0 Å². The first-order chi connectivity index (χ1) is 10.7. The van der Waals surface area contributed by atoms with Crippen molar-refractivity contribution in [1.82, 2.24) is 10.2 Å². The number of carbonyl (C=O) groups excluding carboxylic acids is 1. The minimum Gasteiger partial charge on any atom is -0.444 e. The average molecular weight is 326 g/mol. The molecule has 0 spiro atoms. The molecule has 0 bridgehead atoms. The van der Waals surface area contributed by atoms with E-state index in [4.69, 9.17) is 4.74 Å². The summed E-state index contributed by atoms with van der Waals surface area (Å²) in [6, 6.07) is 0.667. The molecule has 5 nitrogen and oxygen atoms in total. The summed E-state index contributed by atoms with van der Waals surface area (Å²) >= 11 is 0. The van der Waals surface area contributed by atoms with Crippen molar-refractivity contribution in [3.63, 3.8) is 0 Å². The van der Waals surface area contributed by atoms with Crippen molar-refractivity contribution in [1.29, 1.82) is 0 Å². The van der Waals surface area contributed by atoms with Gasteiger partial charge in [0.2, 0.25) is 0 Å². The Morgan fingerprint density at radius 1 is 1.30 bits per heavy atom. The van der Waals surface area contributed by atoms with Crippen LogP contribution >= 0.6 is 0 Å². The predicted octanol–water partition coefficient (Wildman–Crippen LogP) is 2.77. The predicted molar refractivity (Wildman–Crippen MR) is 91.3 cm³/mol. The molecule has 2 rings (SSSR count). The average Bonchev–Trinajstić information content (AvgIpc) is 2.40. The van der Waals surface area contributed by atoms with Gasteiger partial charge in [-0.3, -0.25) is 4.90 Å². The summed E-state index contributed by atoms with van der Waals surface area (Å²) < 4.78 is 5.38. The van der Waals surface area contributed by atoms with Crippen molar-refractivity contribution in [2.45, 2.75) is 84.1 Å². The molecule has 2 fully saturated rings. The minimum absolute atomic E-state index is 0.0562. The molecule has 1 saturated carbocycles. The minimum atomic E-state index is -0.482. The smallest absolute Gasteiger partial charge is 0.407 e. The Bertz CT molecular complexity index is 402. The Labute approximate surface area is 140 Å². The number of carbonyl (C=O) groups is 1. The van der Waals surface area contributed by atoms with Crippen LogP contribution in [0, 0.1) is 11.8 Å². The molecule has 1 heterocycles. The molecule has 1 amide bonds. The summed E-state index contributed by atoms with van der Waals surface area (Å²) in [5.74, 6) is 1.03. The van der Waals surface area contributed by atoms with Crippen LogP contribution in [0.25, 0.3) is 0 Å². The number of alkyl carbamates (subject to hydrolysis) is 1. The monoisotopic (exact) mass is 326 g/mol. The van der Waals surface area contributed by atoms with Gasteiger partial charge in [-0.25, -0.2) is 4.79 Å². The maximum absolute atomic E-state index is 12.1. The first kappa shape index (κ1) is 18.5. The third-order valence-electron chi connectivity index (χ3n) is 5.06. The third-order valence-corrected chi connectivity index (χ3v) is 5.06. The van der Waals surface area contributed by atoms with E-state index in [0.717, 1.165) is 31.8 Å². The molecule has 2 N–H and O–H groups in total. The molecule has 0 aromatic rings. The normalized spacial score (nSPS) is 33.7. The number of hydrogen-bond donors (Lipinski definition) is 2. The van der Waals surface area contributed by atoms with Crippen molar-refractivity contribution >= 4 is 6.09 Å². The molecule has 1 aliphatic heterocycles. The lowest BCUT2D eigenvalue weighted by Gasteiger charge is -2.48. The van der Waals surface area contributed by atoms with E-state index in [-0.39, 0.29) is 24.2 Å². The highest BCUT2D eigenvalue weighted by Crippen LogP contribution is 2.34. The van der Waals surface area contributed by atoms with Gasteiger partial charge in [0.05, 0.1) is 6.10 Å². The number of hydrogen-bond acceptors (Lipinski definition) is 4. The molecule has 1 aliphatic carbocycles. The van der Waals surface area contributed by atoms with Crippen LogP contribution < -0.4 is 5.32 Å². The van der Waals surface area contributed by atoms with E-state index in [1.165, 1.54) is 12.8 Å². The fourth-order valence-electron chi connectivity index (χ4n) is 3.82. The number of aliphatic hydroxyl groups is 1. The lowest BCUT2D eigenvalue weighted by atomic mass is 9.78. The fraction of sp³-hybridized carbons (Fsp3) is 0.944. The first-order valence-corrected chi connectivity index (χ1v) is 9.09. The lowest BCUT2D eigenvalue weighted by molar-refractivity contribution is -0.0125. The number of ether oxygens (including phenoxy) is 1. The van der Waals surface area contributed by atoms with Gasteiger partial charge in [0.25, 0.3) is 0 Å². The quantitative estimate of drug-likeness (QED) is 0.834. The lowest BCUT2D eigenvalue weighted by Crippen LogP contribution is -2.58. The van der Waals surface area contributed by atoms with Gasteiger partial charge in [-0.15, -0.1) is 0 Å². The zero-order valence-electron chi connectivity index (χ0n) is 15.3. The number of aliphatic hydroxyl groups excluding tert-OH is 1. The van der Waals surface area contributed by atoms with E-state index >= 15 is 0 Å². The molecule has 0 aromatic heterocycles. The second-order valence-corrected chi connectivity index (χ2v) is 8.50. The summed E-state index contributed by atoms with van der Waals surface area (Å²) in [6.07, 6.45) is 3.41. The Kier molecular flexibility index (Phi) is 5.95. The summed E-state index contributed by atoms with van der Waals surface area (Å²) in [7, 11) is 0. The van der Waals surface area contributed by atoms with Crippen LogP contribution in [0.4, 0.5) is 4.79 Å². The first-order valence-electron chi connectivity index (χ1n) is 9.09. The van der Waals surface area contributed by atoms with Gasteiger partial charge in [-0.05, 0) is 58.3 Å². The Morgan fingerprint density at radius 3 is 2.48 bits per heavy atom. The fourth-order valence-corrected chi connectivity index (χ4v) is 3.82. The number of piperidine rings is 1. The SMILES string of the molecule is CCC(O)C1CC(NC(=O)OC(C)(C)C)CN(C2CC(C)C2)C1. The van der Waals surface area contributed by atoms with Gasteiger partial charge in [0.1, 0.15) is 5.60 Å². The molecule has 134 valence electrons. The molecule has 23 heavy (non-hydrogen) atoms. The Morgan fingerprint density at radius 2 is 1.96 bits per heavy atom. The molecule has 5 heteroatoms. The number of nitrogens with one attached hydrogen (secondary N) is 1. The highest BCUT2D eigenvalue weighted by Gasteiger charge is 2.38. The maximum Gasteiger partial charge on any atom is 0.407 e. The molecule has 0 radical (unpaired) electrons. The largest absolute Gasteiger partial charge is 0.444 e. The molecule has 3 unspecified atom stereocenters.